The molecule has 3 heterocycles. The SMILES string of the molecule is Cc1ccnc(C[S+]([O-])c2nc3cc4c(cc3[nH]2)OC(F)(F)O4)c1. The number of ether oxygens (including phenoxy) is 2. The van der Waals surface area contributed by atoms with Gasteiger partial charge >= 0.3 is 11.5 Å². The maximum absolute atomic E-state index is 13.0. The van der Waals surface area contributed by atoms with Crippen molar-refractivity contribution in [2.24, 2.45) is 0 Å². The molecule has 1 aliphatic rings. The molecule has 6 nitrogen and oxygen atoms in total. The standard InChI is InChI=1S/C15H11F2N3O3S/c1-8-2-3-18-9(4-8)7-24(21)14-19-10-5-12-13(6-11(10)20-14)23-15(16,17)22-12/h2-6H,7H2,1H3,(H,19,20). The van der Waals surface area contributed by atoms with Crippen LogP contribution in [0.3, 0.4) is 0 Å². The molecule has 0 radical (unpaired) electrons. The van der Waals surface area contributed by atoms with E-state index in [2.05, 4.69) is 24.4 Å². The molecule has 124 valence electrons. The van der Waals surface area contributed by atoms with Crippen molar-refractivity contribution < 1.29 is 22.8 Å². The number of fused-ring (bicyclic) bond motifs is 2. The summed E-state index contributed by atoms with van der Waals surface area (Å²) in [6.07, 6.45) is -2.02. The fourth-order valence-corrected chi connectivity index (χ4v) is 3.41. The minimum atomic E-state index is -3.68. The van der Waals surface area contributed by atoms with Crippen molar-refractivity contribution in [1.82, 2.24) is 15.0 Å². The Morgan fingerprint density at radius 1 is 1.25 bits per heavy atom. The number of alkyl halides is 2. The number of aryl methyl sites for hydroxylation is 1. The Morgan fingerprint density at radius 3 is 2.75 bits per heavy atom. The Hall–Kier alpha value is -2.39. The average Bonchev–Trinajstić information content (AvgIpc) is 3.02. The van der Waals surface area contributed by atoms with Gasteiger partial charge in [0.05, 0.1) is 16.7 Å². The summed E-state index contributed by atoms with van der Waals surface area (Å²) in [5, 5.41) is 0.240. The lowest BCUT2D eigenvalue weighted by molar-refractivity contribution is -0.286. The highest BCUT2D eigenvalue weighted by atomic mass is 32.2. The number of aromatic nitrogens is 3. The minimum absolute atomic E-state index is 0.0890. The quantitative estimate of drug-likeness (QED) is 0.734. The van der Waals surface area contributed by atoms with Gasteiger partial charge in [-0.3, -0.25) is 9.97 Å². The van der Waals surface area contributed by atoms with Crippen LogP contribution in [-0.2, 0) is 16.9 Å². The van der Waals surface area contributed by atoms with Crippen LogP contribution in [0.25, 0.3) is 11.0 Å². The number of H-pyrrole nitrogens is 1. The van der Waals surface area contributed by atoms with Crippen molar-refractivity contribution >= 4 is 22.2 Å². The van der Waals surface area contributed by atoms with E-state index in [-0.39, 0.29) is 22.4 Å². The molecule has 1 aromatic carbocycles. The van der Waals surface area contributed by atoms with Gasteiger partial charge in [-0.15, -0.1) is 8.78 Å². The van der Waals surface area contributed by atoms with Crippen LogP contribution in [-0.4, -0.2) is 25.8 Å². The first kappa shape index (κ1) is 15.2. The zero-order chi connectivity index (χ0) is 16.9. The fraction of sp³-hybridized carbons (Fsp3) is 0.200. The van der Waals surface area contributed by atoms with Gasteiger partial charge in [0.15, 0.2) is 17.3 Å². The third kappa shape index (κ3) is 2.76. The average molecular weight is 351 g/mol. The van der Waals surface area contributed by atoms with Gasteiger partial charge in [-0.05, 0) is 24.6 Å². The Bertz CT molecular complexity index is 886. The number of hydrogen-bond donors (Lipinski definition) is 1. The third-order valence-corrected chi connectivity index (χ3v) is 4.63. The van der Waals surface area contributed by atoms with E-state index in [0.717, 1.165) is 5.56 Å². The topological polar surface area (TPSA) is 83.1 Å². The summed E-state index contributed by atoms with van der Waals surface area (Å²) in [6, 6.07) is 6.38. The van der Waals surface area contributed by atoms with E-state index in [4.69, 9.17) is 0 Å². The van der Waals surface area contributed by atoms with Gasteiger partial charge in [0.2, 0.25) is 0 Å². The van der Waals surface area contributed by atoms with Gasteiger partial charge in [0.25, 0.3) is 0 Å². The number of aromatic amines is 1. The molecule has 0 bridgehead atoms. The lowest BCUT2D eigenvalue weighted by Crippen LogP contribution is -2.25. The molecule has 24 heavy (non-hydrogen) atoms. The summed E-state index contributed by atoms with van der Waals surface area (Å²) in [6.45, 7) is 1.92. The van der Waals surface area contributed by atoms with Crippen LogP contribution in [0.4, 0.5) is 8.78 Å². The molecule has 9 heteroatoms. The molecule has 1 aliphatic heterocycles. The second-order valence-corrected chi connectivity index (χ2v) is 6.71. The highest BCUT2D eigenvalue weighted by molar-refractivity contribution is 7.90. The third-order valence-electron chi connectivity index (χ3n) is 3.45. The fourth-order valence-electron chi connectivity index (χ4n) is 2.42. The van der Waals surface area contributed by atoms with E-state index >= 15 is 0 Å². The number of nitrogens with one attached hydrogen (secondary N) is 1. The van der Waals surface area contributed by atoms with Gasteiger partial charge in [0.1, 0.15) is 0 Å². The summed E-state index contributed by atoms with van der Waals surface area (Å²) in [4.78, 5) is 11.2. The van der Waals surface area contributed by atoms with Crippen molar-refractivity contribution in [2.45, 2.75) is 24.1 Å². The summed E-state index contributed by atoms with van der Waals surface area (Å²) in [5.74, 6) is 0.0113. The number of pyridine rings is 1. The van der Waals surface area contributed by atoms with Crippen LogP contribution in [0.2, 0.25) is 0 Å². The molecule has 2 aromatic heterocycles. The van der Waals surface area contributed by atoms with Crippen molar-refractivity contribution in [1.29, 1.82) is 0 Å². The molecule has 0 fully saturated rings. The number of halogens is 2. The summed E-state index contributed by atoms with van der Waals surface area (Å²) < 4.78 is 47.3. The monoisotopic (exact) mass is 351 g/mol. The van der Waals surface area contributed by atoms with Crippen molar-refractivity contribution in [3.63, 3.8) is 0 Å². The normalized spacial score (nSPS) is 16.5. The summed E-state index contributed by atoms with van der Waals surface area (Å²) in [5.41, 5.74) is 2.52. The Kier molecular flexibility index (Phi) is 3.36. The minimum Gasteiger partial charge on any atom is -0.609 e. The predicted molar refractivity (Wildman–Crippen MR) is 81.4 cm³/mol. The Balaban J connectivity index is 1.62. The Labute approximate surface area is 138 Å². The number of benzene rings is 1. The van der Waals surface area contributed by atoms with Crippen molar-refractivity contribution in [3.05, 3.63) is 41.7 Å². The molecule has 1 atom stereocenters. The van der Waals surface area contributed by atoms with Crippen LogP contribution in [0.5, 0.6) is 11.5 Å². The highest BCUT2D eigenvalue weighted by Gasteiger charge is 2.43. The van der Waals surface area contributed by atoms with Crippen molar-refractivity contribution in [2.75, 3.05) is 0 Å². The largest absolute Gasteiger partial charge is 0.609 e. The van der Waals surface area contributed by atoms with E-state index in [9.17, 15) is 13.3 Å². The van der Waals surface area contributed by atoms with Gasteiger partial charge in [-0.2, -0.15) is 4.98 Å². The zero-order valence-corrected chi connectivity index (χ0v) is 13.2. The molecule has 0 aliphatic carbocycles. The van der Waals surface area contributed by atoms with Crippen molar-refractivity contribution in [3.8, 4) is 11.5 Å². The maximum atomic E-state index is 13.0. The molecule has 4 rings (SSSR count). The summed E-state index contributed by atoms with van der Waals surface area (Å²) in [7, 11) is 0. The lowest BCUT2D eigenvalue weighted by atomic mass is 10.3. The molecule has 0 spiro atoms. The zero-order valence-electron chi connectivity index (χ0n) is 12.4. The Morgan fingerprint density at radius 2 is 2.00 bits per heavy atom. The van der Waals surface area contributed by atoms with Crippen LogP contribution in [0, 0.1) is 6.92 Å². The van der Waals surface area contributed by atoms with Crippen LogP contribution in [0.1, 0.15) is 11.3 Å². The lowest BCUT2D eigenvalue weighted by Gasteiger charge is -2.06. The molecule has 0 saturated carbocycles. The molecule has 1 N–H and O–H groups in total. The molecule has 1 unspecified atom stereocenters. The predicted octanol–water partition coefficient (Wildman–Crippen LogP) is 2.90. The molecular formula is C15H11F2N3O3S. The number of imidazole rings is 1. The first-order chi connectivity index (χ1) is 11.4. The van der Waals surface area contributed by atoms with E-state index in [1.807, 2.05) is 19.1 Å². The van der Waals surface area contributed by atoms with E-state index in [1.54, 1.807) is 6.20 Å². The van der Waals surface area contributed by atoms with Gasteiger partial charge in [-0.25, -0.2) is 0 Å². The number of hydrogen-bond acceptors (Lipinski definition) is 5. The number of rotatable bonds is 3. The van der Waals surface area contributed by atoms with Crippen LogP contribution < -0.4 is 9.47 Å². The summed E-state index contributed by atoms with van der Waals surface area (Å²) >= 11 is -1.45. The molecule has 0 amide bonds. The van der Waals surface area contributed by atoms with E-state index in [1.165, 1.54) is 12.1 Å². The first-order valence-corrected chi connectivity index (χ1v) is 8.31. The number of nitrogens with zero attached hydrogens (tertiary/aromatic N) is 2. The molecule has 3 aromatic rings. The molecular weight excluding hydrogens is 340 g/mol. The van der Waals surface area contributed by atoms with E-state index in [0.29, 0.717) is 16.7 Å². The second-order valence-electron chi connectivity index (χ2n) is 5.34. The van der Waals surface area contributed by atoms with Gasteiger partial charge < -0.3 is 14.0 Å². The van der Waals surface area contributed by atoms with E-state index < -0.39 is 17.5 Å². The smallest absolute Gasteiger partial charge is 0.586 e. The highest BCUT2D eigenvalue weighted by Crippen LogP contribution is 2.42. The van der Waals surface area contributed by atoms with Gasteiger partial charge in [-0.1, -0.05) is 0 Å². The van der Waals surface area contributed by atoms with Crippen LogP contribution in [0.15, 0.2) is 35.6 Å². The maximum Gasteiger partial charge on any atom is 0.586 e. The first-order valence-electron chi connectivity index (χ1n) is 6.99. The second kappa shape index (κ2) is 5.32. The molecule has 0 saturated heterocycles. The van der Waals surface area contributed by atoms with Crippen LogP contribution >= 0.6 is 0 Å². The van der Waals surface area contributed by atoms with Gasteiger partial charge in [0, 0.05) is 29.5 Å².